The quantitative estimate of drug-likeness (QED) is 0.720. The fourth-order valence-electron chi connectivity index (χ4n) is 1.26. The van der Waals surface area contributed by atoms with Crippen LogP contribution in [0.15, 0.2) is 48.6 Å². The first kappa shape index (κ1) is 9.41. The van der Waals surface area contributed by atoms with Gasteiger partial charge in [0.2, 0.25) is 5.82 Å². The molecule has 80 valence electrons. The number of rotatable bonds is 2. The van der Waals surface area contributed by atoms with Crippen LogP contribution >= 0.6 is 15.9 Å². The van der Waals surface area contributed by atoms with Crippen LogP contribution in [0.5, 0.6) is 0 Å². The third-order valence-corrected chi connectivity index (χ3v) is 2.38. The predicted molar refractivity (Wildman–Crippen MR) is 57.4 cm³/mol. The number of furan rings is 2. The zero-order chi connectivity index (χ0) is 11.0. The fraction of sp³-hybridized carbons (Fsp3) is 0. The van der Waals surface area contributed by atoms with E-state index in [9.17, 15) is 0 Å². The summed E-state index contributed by atoms with van der Waals surface area (Å²) in [6, 6.07) is 7.01. The Morgan fingerprint density at radius 1 is 1.12 bits per heavy atom. The lowest BCUT2D eigenvalue weighted by molar-refractivity contribution is 0.414. The highest BCUT2D eigenvalue weighted by Gasteiger charge is 2.14. The summed E-state index contributed by atoms with van der Waals surface area (Å²) in [6.07, 6.45) is 1.54. The van der Waals surface area contributed by atoms with Crippen LogP contribution in [0.2, 0.25) is 0 Å². The largest absolute Gasteiger partial charge is 0.459 e. The lowest BCUT2D eigenvalue weighted by atomic mass is 10.4. The van der Waals surface area contributed by atoms with Crippen molar-refractivity contribution in [3.63, 3.8) is 0 Å². The summed E-state index contributed by atoms with van der Waals surface area (Å²) in [4.78, 5) is 4.15. The minimum atomic E-state index is 0.326. The summed E-state index contributed by atoms with van der Waals surface area (Å²) in [7, 11) is 0. The Morgan fingerprint density at radius 3 is 2.75 bits per heavy atom. The molecule has 5 nitrogen and oxygen atoms in total. The molecule has 0 spiro atoms. The van der Waals surface area contributed by atoms with Gasteiger partial charge in [-0.2, -0.15) is 4.98 Å². The first-order valence-corrected chi connectivity index (χ1v) is 5.25. The summed E-state index contributed by atoms with van der Waals surface area (Å²) < 4.78 is 16.1. The van der Waals surface area contributed by atoms with E-state index in [-0.39, 0.29) is 0 Å². The van der Waals surface area contributed by atoms with Crippen molar-refractivity contribution < 1.29 is 13.4 Å². The van der Waals surface area contributed by atoms with Gasteiger partial charge in [0.15, 0.2) is 16.2 Å². The van der Waals surface area contributed by atoms with E-state index in [2.05, 4.69) is 26.1 Å². The zero-order valence-electron chi connectivity index (χ0n) is 7.88. The molecule has 0 aliphatic heterocycles. The van der Waals surface area contributed by atoms with Crippen LogP contribution in [0, 0.1) is 0 Å². The monoisotopic (exact) mass is 280 g/mol. The molecule has 3 heterocycles. The maximum Gasteiger partial charge on any atom is 0.294 e. The van der Waals surface area contributed by atoms with Crippen molar-refractivity contribution in [2.24, 2.45) is 0 Å². The number of nitrogens with zero attached hydrogens (tertiary/aromatic N) is 2. The van der Waals surface area contributed by atoms with Crippen LogP contribution in [0.1, 0.15) is 0 Å². The van der Waals surface area contributed by atoms with Crippen molar-refractivity contribution >= 4 is 15.9 Å². The Morgan fingerprint density at radius 2 is 2.06 bits per heavy atom. The lowest BCUT2D eigenvalue weighted by Gasteiger charge is -1.84. The average molecular weight is 281 g/mol. The topological polar surface area (TPSA) is 65.2 Å². The molecule has 0 aliphatic carbocycles. The van der Waals surface area contributed by atoms with Gasteiger partial charge in [0.05, 0.1) is 6.26 Å². The number of halogens is 1. The van der Waals surface area contributed by atoms with Gasteiger partial charge in [-0.15, -0.1) is 0 Å². The van der Waals surface area contributed by atoms with Crippen LogP contribution in [-0.2, 0) is 0 Å². The molecule has 0 atom stereocenters. The molecule has 0 fully saturated rings. The number of hydrogen-bond acceptors (Lipinski definition) is 5. The maximum absolute atomic E-state index is 5.30. The summed E-state index contributed by atoms with van der Waals surface area (Å²) in [5.41, 5.74) is 0. The van der Waals surface area contributed by atoms with Gasteiger partial charge in [-0.05, 0) is 40.2 Å². The molecule has 0 radical (unpaired) electrons. The Kier molecular flexibility index (Phi) is 2.14. The van der Waals surface area contributed by atoms with Crippen molar-refractivity contribution in [2.75, 3.05) is 0 Å². The van der Waals surface area contributed by atoms with E-state index in [1.54, 1.807) is 30.5 Å². The first-order chi connectivity index (χ1) is 7.83. The fourth-order valence-corrected chi connectivity index (χ4v) is 1.56. The highest BCUT2D eigenvalue weighted by molar-refractivity contribution is 9.10. The molecule has 3 aromatic heterocycles. The molecule has 0 N–H and O–H groups in total. The lowest BCUT2D eigenvalue weighted by Crippen LogP contribution is -1.76. The van der Waals surface area contributed by atoms with E-state index in [1.807, 2.05) is 0 Å². The SMILES string of the molecule is Brc1ccc(-c2noc(-c3ccco3)n2)o1. The third kappa shape index (κ3) is 1.57. The second kappa shape index (κ2) is 3.64. The van der Waals surface area contributed by atoms with Gasteiger partial charge in [0.1, 0.15) is 0 Å². The van der Waals surface area contributed by atoms with Gasteiger partial charge in [0.25, 0.3) is 5.89 Å². The standard InChI is InChI=1S/C10H5BrN2O3/c11-8-4-3-6(15-8)9-12-10(16-13-9)7-2-1-5-14-7/h1-5H. The molecule has 16 heavy (non-hydrogen) atoms. The second-order valence-electron chi connectivity index (χ2n) is 3.00. The Labute approximate surface area is 98.2 Å². The summed E-state index contributed by atoms with van der Waals surface area (Å²) in [5.74, 6) is 1.78. The maximum atomic E-state index is 5.30. The number of hydrogen-bond donors (Lipinski definition) is 0. The molecule has 0 unspecified atom stereocenters. The Bertz CT molecular complexity index is 597. The van der Waals surface area contributed by atoms with E-state index < -0.39 is 0 Å². The molecule has 3 rings (SSSR count). The molecule has 0 saturated carbocycles. The van der Waals surface area contributed by atoms with Crippen LogP contribution in [0.4, 0.5) is 0 Å². The minimum absolute atomic E-state index is 0.326. The summed E-state index contributed by atoms with van der Waals surface area (Å²) in [5, 5.41) is 3.80. The molecule has 6 heteroatoms. The smallest absolute Gasteiger partial charge is 0.294 e. The molecule has 3 aromatic rings. The highest BCUT2D eigenvalue weighted by Crippen LogP contribution is 2.25. The van der Waals surface area contributed by atoms with Gasteiger partial charge in [0, 0.05) is 0 Å². The molecule has 0 aliphatic rings. The molecular formula is C10H5BrN2O3. The Balaban J connectivity index is 2.00. The van der Waals surface area contributed by atoms with Crippen molar-refractivity contribution in [2.45, 2.75) is 0 Å². The first-order valence-electron chi connectivity index (χ1n) is 4.46. The van der Waals surface area contributed by atoms with Crippen molar-refractivity contribution in [3.05, 3.63) is 35.2 Å². The molecule has 0 saturated heterocycles. The van der Waals surface area contributed by atoms with Crippen molar-refractivity contribution in [1.82, 2.24) is 10.1 Å². The third-order valence-electron chi connectivity index (χ3n) is 1.95. The predicted octanol–water partition coefficient (Wildman–Crippen LogP) is 3.35. The molecule has 0 amide bonds. The summed E-state index contributed by atoms with van der Waals surface area (Å²) >= 11 is 3.20. The molecular weight excluding hydrogens is 276 g/mol. The van der Waals surface area contributed by atoms with Crippen LogP contribution in [-0.4, -0.2) is 10.1 Å². The normalized spacial score (nSPS) is 10.8. The van der Waals surface area contributed by atoms with E-state index in [1.165, 1.54) is 0 Å². The van der Waals surface area contributed by atoms with Gasteiger partial charge in [-0.25, -0.2) is 0 Å². The van der Waals surface area contributed by atoms with E-state index in [0.29, 0.717) is 27.9 Å². The highest BCUT2D eigenvalue weighted by atomic mass is 79.9. The Hall–Kier alpha value is -1.82. The van der Waals surface area contributed by atoms with Crippen molar-refractivity contribution in [3.8, 4) is 23.2 Å². The van der Waals surface area contributed by atoms with E-state index >= 15 is 0 Å². The average Bonchev–Trinajstić information content (AvgIpc) is 2.97. The molecule has 0 aromatic carbocycles. The van der Waals surface area contributed by atoms with Gasteiger partial charge in [-0.1, -0.05) is 5.16 Å². The summed E-state index contributed by atoms with van der Waals surface area (Å²) in [6.45, 7) is 0. The van der Waals surface area contributed by atoms with Gasteiger partial charge < -0.3 is 13.4 Å². The van der Waals surface area contributed by atoms with Crippen LogP contribution < -0.4 is 0 Å². The van der Waals surface area contributed by atoms with E-state index in [4.69, 9.17) is 13.4 Å². The zero-order valence-corrected chi connectivity index (χ0v) is 9.47. The van der Waals surface area contributed by atoms with E-state index in [0.717, 1.165) is 0 Å². The van der Waals surface area contributed by atoms with Crippen molar-refractivity contribution in [1.29, 1.82) is 0 Å². The number of aromatic nitrogens is 2. The van der Waals surface area contributed by atoms with Gasteiger partial charge >= 0.3 is 0 Å². The molecule has 0 bridgehead atoms. The van der Waals surface area contributed by atoms with Gasteiger partial charge in [-0.3, -0.25) is 0 Å². The van der Waals surface area contributed by atoms with Crippen LogP contribution in [0.25, 0.3) is 23.2 Å². The second-order valence-corrected chi connectivity index (χ2v) is 3.79. The minimum Gasteiger partial charge on any atom is -0.459 e. The van der Waals surface area contributed by atoms with Crippen LogP contribution in [0.3, 0.4) is 0 Å².